The Kier molecular flexibility index (Phi) is 2.97. The lowest BCUT2D eigenvalue weighted by Gasteiger charge is -2.07. The average molecular weight is 224 g/mol. The number of rotatable bonds is 4. The molecule has 0 aliphatic carbocycles. The van der Waals surface area contributed by atoms with Gasteiger partial charge in [-0.1, -0.05) is 0 Å². The van der Waals surface area contributed by atoms with Crippen molar-refractivity contribution in [2.24, 2.45) is 0 Å². The monoisotopic (exact) mass is 224 g/mol. The van der Waals surface area contributed by atoms with Gasteiger partial charge in [0.25, 0.3) is 0 Å². The normalized spacial score (nSPS) is 13.1. The van der Waals surface area contributed by atoms with E-state index in [1.165, 1.54) is 34.8 Å². The number of aliphatic hydroxyl groups is 1. The quantitative estimate of drug-likeness (QED) is 0.712. The van der Waals surface area contributed by atoms with Crippen LogP contribution in [0.4, 0.5) is 0 Å². The van der Waals surface area contributed by atoms with Crippen LogP contribution in [0.1, 0.15) is 0 Å². The molecule has 7 heteroatoms. The summed E-state index contributed by atoms with van der Waals surface area (Å²) in [7, 11) is 1.49. The lowest BCUT2D eigenvalue weighted by Crippen LogP contribution is -2.29. The van der Waals surface area contributed by atoms with Gasteiger partial charge in [0.05, 0.1) is 25.5 Å². The molecule has 2 aromatic heterocycles. The molecule has 0 aliphatic rings. The van der Waals surface area contributed by atoms with Crippen LogP contribution in [0.5, 0.6) is 0 Å². The average Bonchev–Trinajstić information content (AvgIpc) is 2.57. The van der Waals surface area contributed by atoms with Crippen molar-refractivity contribution in [2.75, 3.05) is 13.7 Å². The van der Waals surface area contributed by atoms with Crippen LogP contribution in [-0.4, -0.2) is 44.1 Å². The minimum absolute atomic E-state index is 0.106. The van der Waals surface area contributed by atoms with E-state index in [0.29, 0.717) is 5.65 Å². The topological polar surface area (TPSA) is 81.7 Å². The van der Waals surface area contributed by atoms with Gasteiger partial charge in [0.2, 0.25) is 0 Å². The van der Waals surface area contributed by atoms with Gasteiger partial charge >= 0.3 is 5.69 Å². The van der Waals surface area contributed by atoms with Crippen molar-refractivity contribution in [3.63, 3.8) is 0 Å². The number of aromatic nitrogens is 4. The number of nitrogens with zero attached hydrogens (tertiary/aromatic N) is 4. The molecule has 2 rings (SSSR count). The van der Waals surface area contributed by atoms with Gasteiger partial charge in [0.1, 0.15) is 0 Å². The molecule has 1 N–H and O–H groups in total. The molecule has 0 amide bonds. The molecule has 0 spiro atoms. The highest BCUT2D eigenvalue weighted by molar-refractivity contribution is 5.31. The van der Waals surface area contributed by atoms with Crippen LogP contribution in [-0.2, 0) is 11.3 Å². The molecular weight excluding hydrogens is 212 g/mol. The van der Waals surface area contributed by atoms with Crippen LogP contribution >= 0.6 is 0 Å². The zero-order valence-electron chi connectivity index (χ0n) is 8.78. The number of ether oxygens (including phenoxy) is 1. The Morgan fingerprint density at radius 2 is 2.44 bits per heavy atom. The molecule has 0 saturated carbocycles. The number of hydrogen-bond donors (Lipinski definition) is 1. The van der Waals surface area contributed by atoms with Gasteiger partial charge in [-0.15, -0.1) is 5.10 Å². The van der Waals surface area contributed by atoms with E-state index < -0.39 is 6.10 Å². The van der Waals surface area contributed by atoms with Crippen LogP contribution < -0.4 is 5.69 Å². The molecule has 1 atom stereocenters. The lowest BCUT2D eigenvalue weighted by molar-refractivity contribution is 0.0507. The fourth-order valence-corrected chi connectivity index (χ4v) is 1.44. The second kappa shape index (κ2) is 4.42. The Hall–Kier alpha value is -1.73. The van der Waals surface area contributed by atoms with Crippen LogP contribution in [0.3, 0.4) is 0 Å². The molecule has 2 heterocycles. The van der Waals surface area contributed by atoms with E-state index >= 15 is 0 Å². The van der Waals surface area contributed by atoms with Crippen LogP contribution in [0.2, 0.25) is 0 Å². The summed E-state index contributed by atoms with van der Waals surface area (Å²) >= 11 is 0. The second-order valence-corrected chi connectivity index (χ2v) is 3.38. The Labute approximate surface area is 90.9 Å². The maximum Gasteiger partial charge on any atom is 0.350 e. The summed E-state index contributed by atoms with van der Waals surface area (Å²) in [4.78, 5) is 15.6. The fraction of sp³-hybridized carbons (Fsp3) is 0.444. The fourth-order valence-electron chi connectivity index (χ4n) is 1.44. The zero-order valence-corrected chi connectivity index (χ0v) is 8.78. The minimum atomic E-state index is -0.749. The predicted molar refractivity (Wildman–Crippen MR) is 55.1 cm³/mol. The first-order valence-corrected chi connectivity index (χ1v) is 4.78. The van der Waals surface area contributed by atoms with E-state index in [0.717, 1.165) is 0 Å². The molecule has 16 heavy (non-hydrogen) atoms. The zero-order chi connectivity index (χ0) is 11.5. The molecule has 0 bridgehead atoms. The maximum absolute atomic E-state index is 11.8. The van der Waals surface area contributed by atoms with E-state index in [-0.39, 0.29) is 18.8 Å². The molecule has 0 aromatic carbocycles. The molecule has 86 valence electrons. The summed E-state index contributed by atoms with van der Waals surface area (Å²) in [5, 5.41) is 13.5. The van der Waals surface area contributed by atoms with Gasteiger partial charge in [-0.2, -0.15) is 0 Å². The standard InChI is InChI=1S/C9H12N4O3/c1-16-6-7(14)5-13-9(15)12-3-2-10-4-8(12)11-13/h2-4,7,14H,5-6H2,1H3. The third kappa shape index (κ3) is 1.95. The molecule has 7 nitrogen and oxygen atoms in total. The third-order valence-corrected chi connectivity index (χ3v) is 2.13. The van der Waals surface area contributed by atoms with E-state index in [1.807, 2.05) is 0 Å². The molecule has 0 saturated heterocycles. The lowest BCUT2D eigenvalue weighted by atomic mass is 10.4. The Morgan fingerprint density at radius 3 is 3.12 bits per heavy atom. The molecule has 0 fully saturated rings. The molecule has 2 aromatic rings. The van der Waals surface area contributed by atoms with E-state index in [1.54, 1.807) is 0 Å². The predicted octanol–water partition coefficient (Wildman–Crippen LogP) is -1.10. The summed E-state index contributed by atoms with van der Waals surface area (Å²) in [6.07, 6.45) is 3.77. The maximum atomic E-state index is 11.8. The van der Waals surface area contributed by atoms with E-state index in [9.17, 15) is 9.90 Å². The summed E-state index contributed by atoms with van der Waals surface area (Å²) in [5.41, 5.74) is 0.157. The van der Waals surface area contributed by atoms with Gasteiger partial charge in [0, 0.05) is 19.5 Å². The van der Waals surface area contributed by atoms with E-state index in [4.69, 9.17) is 4.74 Å². The summed E-state index contributed by atoms with van der Waals surface area (Å²) < 4.78 is 7.34. The second-order valence-electron chi connectivity index (χ2n) is 3.38. The Balaban J connectivity index is 2.31. The molecule has 1 unspecified atom stereocenters. The number of fused-ring (bicyclic) bond motifs is 1. The summed E-state index contributed by atoms with van der Waals surface area (Å²) in [6, 6.07) is 0. The van der Waals surface area contributed by atoms with Crippen molar-refractivity contribution >= 4 is 5.65 Å². The number of methoxy groups -OCH3 is 1. The van der Waals surface area contributed by atoms with Crippen molar-refractivity contribution in [2.45, 2.75) is 12.6 Å². The Bertz CT molecular complexity index is 533. The highest BCUT2D eigenvalue weighted by Gasteiger charge is 2.10. The molecule has 0 radical (unpaired) electrons. The Morgan fingerprint density at radius 1 is 1.62 bits per heavy atom. The smallest absolute Gasteiger partial charge is 0.350 e. The highest BCUT2D eigenvalue weighted by atomic mass is 16.5. The van der Waals surface area contributed by atoms with Crippen molar-refractivity contribution in [3.8, 4) is 0 Å². The van der Waals surface area contributed by atoms with Gasteiger partial charge in [-0.25, -0.2) is 13.9 Å². The molecular formula is C9H12N4O3. The summed E-state index contributed by atoms with van der Waals surface area (Å²) in [5.74, 6) is 0. The first-order valence-electron chi connectivity index (χ1n) is 4.78. The van der Waals surface area contributed by atoms with Crippen molar-refractivity contribution in [1.29, 1.82) is 0 Å². The van der Waals surface area contributed by atoms with Gasteiger partial charge in [0.15, 0.2) is 5.65 Å². The van der Waals surface area contributed by atoms with Gasteiger partial charge in [-0.05, 0) is 0 Å². The van der Waals surface area contributed by atoms with Crippen LogP contribution in [0.15, 0.2) is 23.4 Å². The van der Waals surface area contributed by atoms with E-state index in [2.05, 4.69) is 10.1 Å². The first-order chi connectivity index (χ1) is 7.72. The van der Waals surface area contributed by atoms with Crippen LogP contribution in [0, 0.1) is 0 Å². The van der Waals surface area contributed by atoms with Gasteiger partial charge in [-0.3, -0.25) is 4.98 Å². The third-order valence-electron chi connectivity index (χ3n) is 2.13. The highest BCUT2D eigenvalue weighted by Crippen LogP contribution is 1.94. The SMILES string of the molecule is COCC(O)Cn1nc2cnccn2c1=O. The number of hydrogen-bond acceptors (Lipinski definition) is 5. The van der Waals surface area contributed by atoms with Crippen molar-refractivity contribution in [1.82, 2.24) is 19.2 Å². The minimum Gasteiger partial charge on any atom is -0.389 e. The number of aliphatic hydroxyl groups excluding tert-OH is 1. The molecule has 0 aliphatic heterocycles. The summed E-state index contributed by atoms with van der Waals surface area (Å²) in [6.45, 7) is 0.271. The van der Waals surface area contributed by atoms with Crippen molar-refractivity contribution < 1.29 is 9.84 Å². The first kappa shape index (κ1) is 10.8. The van der Waals surface area contributed by atoms with Crippen LogP contribution in [0.25, 0.3) is 5.65 Å². The van der Waals surface area contributed by atoms with Gasteiger partial charge < -0.3 is 9.84 Å². The largest absolute Gasteiger partial charge is 0.389 e. The van der Waals surface area contributed by atoms with Crippen molar-refractivity contribution in [3.05, 3.63) is 29.1 Å².